The van der Waals surface area contributed by atoms with E-state index in [1.165, 1.54) is 27.2 Å². The van der Waals surface area contributed by atoms with Crippen molar-refractivity contribution in [1.82, 2.24) is 4.90 Å². The van der Waals surface area contributed by atoms with Crippen LogP contribution in [0.2, 0.25) is 0 Å². The molecule has 0 fully saturated rings. The number of hydrogen-bond donors (Lipinski definition) is 2. The Labute approximate surface area is 180 Å². The third kappa shape index (κ3) is 4.42. The van der Waals surface area contributed by atoms with Gasteiger partial charge in [-0.15, -0.1) is 6.58 Å². The standard InChI is InChI=1S/C23H23N3O5/c1-5-12-26-22(28)20(15-6-11-18(30-3)19(13-15)31-4)21(23(26)29)25-17-9-7-16(8-10-17)24-14(2)27/h5-11,13,25H,1,12H2,2-4H3,(H,24,27). The van der Waals surface area contributed by atoms with Crippen LogP contribution in [-0.4, -0.2) is 43.4 Å². The van der Waals surface area contributed by atoms with E-state index in [1.807, 2.05) is 0 Å². The van der Waals surface area contributed by atoms with E-state index in [9.17, 15) is 14.4 Å². The molecule has 31 heavy (non-hydrogen) atoms. The molecule has 8 nitrogen and oxygen atoms in total. The number of nitrogens with zero attached hydrogens (tertiary/aromatic N) is 1. The minimum Gasteiger partial charge on any atom is -0.493 e. The summed E-state index contributed by atoms with van der Waals surface area (Å²) in [5.41, 5.74) is 2.09. The van der Waals surface area contributed by atoms with Crippen molar-refractivity contribution in [1.29, 1.82) is 0 Å². The molecule has 1 aliphatic rings. The first-order valence-electron chi connectivity index (χ1n) is 9.48. The van der Waals surface area contributed by atoms with E-state index < -0.39 is 11.8 Å². The molecular weight excluding hydrogens is 398 g/mol. The highest BCUT2D eigenvalue weighted by molar-refractivity contribution is 6.36. The lowest BCUT2D eigenvalue weighted by molar-refractivity contribution is -0.136. The van der Waals surface area contributed by atoms with Gasteiger partial charge in [0.1, 0.15) is 5.70 Å². The van der Waals surface area contributed by atoms with Crippen molar-refractivity contribution in [3.8, 4) is 11.5 Å². The Bertz CT molecular complexity index is 1070. The van der Waals surface area contributed by atoms with E-state index in [-0.39, 0.29) is 23.7 Å². The van der Waals surface area contributed by atoms with Gasteiger partial charge >= 0.3 is 0 Å². The molecule has 0 spiro atoms. The average Bonchev–Trinajstić information content (AvgIpc) is 2.98. The average molecular weight is 421 g/mol. The van der Waals surface area contributed by atoms with E-state index in [4.69, 9.17) is 9.47 Å². The summed E-state index contributed by atoms with van der Waals surface area (Å²) in [6, 6.07) is 11.8. The summed E-state index contributed by atoms with van der Waals surface area (Å²) in [6.45, 7) is 5.13. The van der Waals surface area contributed by atoms with Crippen LogP contribution in [0, 0.1) is 0 Å². The smallest absolute Gasteiger partial charge is 0.278 e. The number of rotatable bonds is 8. The number of carbonyl (C=O) groups is 3. The van der Waals surface area contributed by atoms with E-state index in [0.717, 1.165) is 4.90 Å². The van der Waals surface area contributed by atoms with Gasteiger partial charge in [-0.3, -0.25) is 19.3 Å². The number of anilines is 2. The second-order valence-electron chi connectivity index (χ2n) is 6.71. The van der Waals surface area contributed by atoms with Crippen LogP contribution in [0.1, 0.15) is 12.5 Å². The van der Waals surface area contributed by atoms with Gasteiger partial charge in [0.05, 0.1) is 19.8 Å². The Morgan fingerprint density at radius 3 is 2.23 bits per heavy atom. The summed E-state index contributed by atoms with van der Waals surface area (Å²) in [5, 5.41) is 5.73. The van der Waals surface area contributed by atoms with Gasteiger partial charge in [-0.25, -0.2) is 0 Å². The van der Waals surface area contributed by atoms with Crippen molar-refractivity contribution in [2.24, 2.45) is 0 Å². The highest BCUT2D eigenvalue weighted by Crippen LogP contribution is 2.35. The van der Waals surface area contributed by atoms with Gasteiger partial charge in [-0.1, -0.05) is 12.1 Å². The second-order valence-corrected chi connectivity index (χ2v) is 6.71. The lowest BCUT2D eigenvalue weighted by Crippen LogP contribution is -2.32. The molecule has 3 amide bonds. The molecule has 0 aliphatic carbocycles. The van der Waals surface area contributed by atoms with Crippen molar-refractivity contribution in [2.45, 2.75) is 6.92 Å². The van der Waals surface area contributed by atoms with Crippen LogP contribution in [0.4, 0.5) is 11.4 Å². The highest BCUT2D eigenvalue weighted by atomic mass is 16.5. The van der Waals surface area contributed by atoms with Crippen LogP contribution in [0.3, 0.4) is 0 Å². The Morgan fingerprint density at radius 2 is 1.65 bits per heavy atom. The van der Waals surface area contributed by atoms with Gasteiger partial charge < -0.3 is 20.1 Å². The number of nitrogens with one attached hydrogen (secondary N) is 2. The summed E-state index contributed by atoms with van der Waals surface area (Å²) in [4.78, 5) is 38.4. The predicted molar refractivity (Wildman–Crippen MR) is 118 cm³/mol. The van der Waals surface area contributed by atoms with Crippen molar-refractivity contribution in [2.75, 3.05) is 31.4 Å². The molecule has 2 aromatic carbocycles. The molecular formula is C23H23N3O5. The van der Waals surface area contributed by atoms with Gasteiger partial charge in [-0.05, 0) is 42.0 Å². The first-order chi connectivity index (χ1) is 14.9. The fourth-order valence-corrected chi connectivity index (χ4v) is 3.23. The molecule has 1 heterocycles. The number of ether oxygens (including phenoxy) is 2. The van der Waals surface area contributed by atoms with Crippen molar-refractivity contribution in [3.05, 3.63) is 66.4 Å². The fourth-order valence-electron chi connectivity index (χ4n) is 3.23. The summed E-state index contributed by atoms with van der Waals surface area (Å²) < 4.78 is 10.6. The SMILES string of the molecule is C=CCN1C(=O)C(Nc2ccc(NC(C)=O)cc2)=C(c2ccc(OC)c(OC)c2)C1=O. The van der Waals surface area contributed by atoms with Gasteiger partial charge in [0.15, 0.2) is 11.5 Å². The number of methoxy groups -OCH3 is 2. The quantitative estimate of drug-likeness (QED) is 0.502. The van der Waals surface area contributed by atoms with Gasteiger partial charge in [0.25, 0.3) is 11.8 Å². The third-order valence-electron chi connectivity index (χ3n) is 4.63. The van der Waals surface area contributed by atoms with E-state index >= 15 is 0 Å². The minimum atomic E-state index is -0.458. The molecule has 8 heteroatoms. The fraction of sp³-hybridized carbons (Fsp3) is 0.174. The predicted octanol–water partition coefficient (Wildman–Crippen LogP) is 3.04. The first kappa shape index (κ1) is 21.6. The summed E-state index contributed by atoms with van der Waals surface area (Å²) in [7, 11) is 3.02. The summed E-state index contributed by atoms with van der Waals surface area (Å²) >= 11 is 0. The zero-order valence-corrected chi connectivity index (χ0v) is 17.5. The van der Waals surface area contributed by atoms with Crippen molar-refractivity contribution < 1.29 is 23.9 Å². The molecule has 3 rings (SSSR count). The maximum atomic E-state index is 13.1. The molecule has 0 saturated carbocycles. The molecule has 160 valence electrons. The Morgan fingerprint density at radius 1 is 1.00 bits per heavy atom. The lowest BCUT2D eigenvalue weighted by atomic mass is 10.0. The van der Waals surface area contributed by atoms with Crippen LogP contribution < -0.4 is 20.1 Å². The lowest BCUT2D eigenvalue weighted by Gasteiger charge is -2.13. The van der Waals surface area contributed by atoms with Crippen LogP contribution >= 0.6 is 0 Å². The number of imide groups is 1. The maximum Gasteiger partial charge on any atom is 0.278 e. The van der Waals surface area contributed by atoms with E-state index in [0.29, 0.717) is 28.4 Å². The van der Waals surface area contributed by atoms with Gasteiger partial charge in [0, 0.05) is 24.8 Å². The number of carbonyl (C=O) groups excluding carboxylic acids is 3. The molecule has 1 aliphatic heterocycles. The molecule has 0 aromatic heterocycles. The molecule has 0 bridgehead atoms. The second kappa shape index (κ2) is 9.17. The molecule has 0 unspecified atom stereocenters. The van der Waals surface area contributed by atoms with Crippen molar-refractivity contribution in [3.63, 3.8) is 0 Å². The summed E-state index contributed by atoms with van der Waals surface area (Å²) in [5.74, 6) is -0.130. The Balaban J connectivity index is 2.04. The van der Waals surface area contributed by atoms with Crippen LogP contribution in [-0.2, 0) is 14.4 Å². The van der Waals surface area contributed by atoms with E-state index in [1.54, 1.807) is 42.5 Å². The largest absolute Gasteiger partial charge is 0.493 e. The number of benzene rings is 2. The van der Waals surface area contributed by atoms with Crippen LogP contribution in [0.25, 0.3) is 5.57 Å². The topological polar surface area (TPSA) is 97.0 Å². The van der Waals surface area contributed by atoms with Crippen LogP contribution in [0.5, 0.6) is 11.5 Å². The molecule has 0 radical (unpaired) electrons. The molecule has 2 aromatic rings. The zero-order valence-electron chi connectivity index (χ0n) is 17.5. The maximum absolute atomic E-state index is 13.1. The molecule has 2 N–H and O–H groups in total. The molecule has 0 atom stereocenters. The normalized spacial score (nSPS) is 13.3. The van der Waals surface area contributed by atoms with E-state index in [2.05, 4.69) is 17.2 Å². The minimum absolute atomic E-state index is 0.0844. The van der Waals surface area contributed by atoms with Crippen LogP contribution in [0.15, 0.2) is 60.8 Å². The monoisotopic (exact) mass is 421 g/mol. The highest BCUT2D eigenvalue weighted by Gasteiger charge is 2.38. The number of amides is 3. The Hall–Kier alpha value is -4.07. The Kier molecular flexibility index (Phi) is 6.40. The number of hydrogen-bond acceptors (Lipinski definition) is 6. The van der Waals surface area contributed by atoms with Gasteiger partial charge in [-0.2, -0.15) is 0 Å². The first-order valence-corrected chi connectivity index (χ1v) is 9.48. The third-order valence-corrected chi connectivity index (χ3v) is 4.63. The summed E-state index contributed by atoms with van der Waals surface area (Å²) in [6.07, 6.45) is 1.49. The zero-order chi connectivity index (χ0) is 22.5. The van der Waals surface area contributed by atoms with Gasteiger partial charge in [0.2, 0.25) is 5.91 Å². The van der Waals surface area contributed by atoms with Crippen molar-refractivity contribution >= 4 is 34.7 Å². The molecule has 0 saturated heterocycles.